The summed E-state index contributed by atoms with van der Waals surface area (Å²) in [6, 6.07) is 4.31. The van der Waals surface area contributed by atoms with Crippen LogP contribution in [0.15, 0.2) is 6.07 Å². The van der Waals surface area contributed by atoms with Crippen molar-refractivity contribution in [2.45, 2.75) is 33.7 Å². The van der Waals surface area contributed by atoms with Gasteiger partial charge in [0, 0.05) is 22.8 Å². The number of nitrogens with one attached hydrogen (secondary N) is 1. The van der Waals surface area contributed by atoms with Gasteiger partial charge in [-0.05, 0) is 38.6 Å². The highest BCUT2D eigenvalue weighted by molar-refractivity contribution is 7.12. The lowest BCUT2D eigenvalue weighted by molar-refractivity contribution is 0.300. The van der Waals surface area contributed by atoms with E-state index in [0.717, 1.165) is 31.7 Å². The Morgan fingerprint density at radius 2 is 2.06 bits per heavy atom. The third-order valence-electron chi connectivity index (χ3n) is 3.19. The lowest BCUT2D eigenvalue weighted by Crippen LogP contribution is -2.33. The average Bonchev–Trinajstić information content (AvgIpc) is 2.69. The summed E-state index contributed by atoms with van der Waals surface area (Å²) in [6.45, 7) is 12.5. The molecule has 100 valence electrons. The molecule has 4 heteroatoms. The molecular formula is C14H23N3S. The van der Waals surface area contributed by atoms with E-state index in [1.165, 1.54) is 9.75 Å². The Labute approximate surface area is 114 Å². The Morgan fingerprint density at radius 3 is 2.50 bits per heavy atom. The summed E-state index contributed by atoms with van der Waals surface area (Å²) in [5, 5.41) is 12.6. The molecule has 1 atom stereocenters. The first kappa shape index (κ1) is 15.2. The third kappa shape index (κ3) is 4.09. The van der Waals surface area contributed by atoms with Crippen LogP contribution in [0.1, 0.15) is 35.2 Å². The summed E-state index contributed by atoms with van der Waals surface area (Å²) in [7, 11) is 0. The van der Waals surface area contributed by atoms with Gasteiger partial charge in [0.1, 0.15) is 6.04 Å². The molecule has 0 amide bonds. The van der Waals surface area contributed by atoms with Crippen LogP contribution in [0.3, 0.4) is 0 Å². The molecule has 1 rings (SSSR count). The lowest BCUT2D eigenvalue weighted by atomic mass is 10.1. The highest BCUT2D eigenvalue weighted by atomic mass is 32.1. The predicted molar refractivity (Wildman–Crippen MR) is 77.9 cm³/mol. The fourth-order valence-electron chi connectivity index (χ4n) is 2.07. The maximum Gasteiger partial charge on any atom is 0.122 e. The van der Waals surface area contributed by atoms with E-state index < -0.39 is 0 Å². The molecular weight excluding hydrogens is 242 g/mol. The van der Waals surface area contributed by atoms with Crippen molar-refractivity contribution in [2.75, 3.05) is 26.2 Å². The highest BCUT2D eigenvalue weighted by Crippen LogP contribution is 2.25. The molecule has 0 aliphatic heterocycles. The van der Waals surface area contributed by atoms with Gasteiger partial charge in [-0.3, -0.25) is 5.32 Å². The second-order valence-corrected chi connectivity index (χ2v) is 5.87. The minimum atomic E-state index is -0.175. The number of hydrogen-bond donors (Lipinski definition) is 1. The molecule has 1 aromatic heterocycles. The molecule has 1 heterocycles. The smallest absolute Gasteiger partial charge is 0.122 e. The van der Waals surface area contributed by atoms with Crippen LogP contribution in [0, 0.1) is 25.2 Å². The largest absolute Gasteiger partial charge is 0.303 e. The zero-order chi connectivity index (χ0) is 13.5. The molecule has 18 heavy (non-hydrogen) atoms. The molecule has 0 saturated heterocycles. The Balaban J connectivity index is 2.53. The zero-order valence-corrected chi connectivity index (χ0v) is 12.6. The van der Waals surface area contributed by atoms with Crippen molar-refractivity contribution in [3.8, 4) is 6.07 Å². The summed E-state index contributed by atoms with van der Waals surface area (Å²) in [5.41, 5.74) is 1.14. The fraction of sp³-hybridized carbons (Fsp3) is 0.643. The van der Waals surface area contributed by atoms with Crippen LogP contribution in [0.2, 0.25) is 0 Å². The van der Waals surface area contributed by atoms with Crippen molar-refractivity contribution in [2.24, 2.45) is 0 Å². The van der Waals surface area contributed by atoms with Gasteiger partial charge in [-0.25, -0.2) is 0 Å². The number of thiophene rings is 1. The van der Waals surface area contributed by atoms with Crippen LogP contribution >= 0.6 is 11.3 Å². The first-order chi connectivity index (χ1) is 8.62. The molecule has 0 fully saturated rings. The molecule has 1 unspecified atom stereocenters. The Morgan fingerprint density at radius 1 is 1.39 bits per heavy atom. The molecule has 0 radical (unpaired) electrons. The topological polar surface area (TPSA) is 39.1 Å². The highest BCUT2D eigenvalue weighted by Gasteiger charge is 2.14. The number of nitrogens with zero attached hydrogens (tertiary/aromatic N) is 2. The van der Waals surface area contributed by atoms with E-state index >= 15 is 0 Å². The summed E-state index contributed by atoms with van der Waals surface area (Å²) in [4.78, 5) is 4.87. The number of nitriles is 1. The monoisotopic (exact) mass is 265 g/mol. The van der Waals surface area contributed by atoms with Crippen LogP contribution < -0.4 is 5.32 Å². The second kappa shape index (κ2) is 7.52. The summed E-state index contributed by atoms with van der Waals surface area (Å²) in [5.74, 6) is 0. The SMILES string of the molecule is CCN(CC)CCNC(C#N)c1cc(C)sc1C. The van der Waals surface area contributed by atoms with Crippen molar-refractivity contribution in [3.63, 3.8) is 0 Å². The van der Waals surface area contributed by atoms with Gasteiger partial charge in [0.05, 0.1) is 6.07 Å². The molecule has 0 aromatic carbocycles. The maximum absolute atomic E-state index is 9.27. The summed E-state index contributed by atoms with van der Waals surface area (Å²) < 4.78 is 0. The minimum absolute atomic E-state index is 0.175. The fourth-order valence-corrected chi connectivity index (χ4v) is 3.03. The van der Waals surface area contributed by atoms with Crippen LogP contribution in [0.4, 0.5) is 0 Å². The van der Waals surface area contributed by atoms with Gasteiger partial charge in [0.15, 0.2) is 0 Å². The van der Waals surface area contributed by atoms with Gasteiger partial charge in [-0.2, -0.15) is 5.26 Å². The third-order valence-corrected chi connectivity index (χ3v) is 4.17. The van der Waals surface area contributed by atoms with Gasteiger partial charge >= 0.3 is 0 Å². The molecule has 3 nitrogen and oxygen atoms in total. The molecule has 0 bridgehead atoms. The Bertz CT molecular complexity index is 402. The minimum Gasteiger partial charge on any atom is -0.303 e. The summed E-state index contributed by atoms with van der Waals surface area (Å²) in [6.07, 6.45) is 0. The van der Waals surface area contributed by atoms with Crippen LogP contribution in [0.5, 0.6) is 0 Å². The number of likely N-dealkylation sites (N-methyl/N-ethyl adjacent to an activating group) is 1. The normalized spacial score (nSPS) is 12.7. The lowest BCUT2D eigenvalue weighted by Gasteiger charge is -2.19. The molecule has 1 N–H and O–H groups in total. The van der Waals surface area contributed by atoms with Crippen molar-refractivity contribution in [1.29, 1.82) is 5.26 Å². The predicted octanol–water partition coefficient (Wildman–Crippen LogP) is 2.86. The van der Waals surface area contributed by atoms with Crippen molar-refractivity contribution < 1.29 is 0 Å². The van der Waals surface area contributed by atoms with E-state index in [0.29, 0.717) is 0 Å². The zero-order valence-electron chi connectivity index (χ0n) is 11.8. The first-order valence-corrected chi connectivity index (χ1v) is 7.36. The first-order valence-electron chi connectivity index (χ1n) is 6.54. The van der Waals surface area contributed by atoms with Gasteiger partial charge < -0.3 is 4.90 Å². The summed E-state index contributed by atoms with van der Waals surface area (Å²) >= 11 is 1.76. The van der Waals surface area contributed by atoms with E-state index in [1.54, 1.807) is 11.3 Å². The molecule has 0 aliphatic rings. The second-order valence-electron chi connectivity index (χ2n) is 4.41. The number of aryl methyl sites for hydroxylation is 2. The standard InChI is InChI=1S/C14H23N3S/c1-5-17(6-2)8-7-16-14(10-15)13-9-11(3)18-12(13)4/h9,14,16H,5-8H2,1-4H3. The van der Waals surface area contributed by atoms with Crippen molar-refractivity contribution >= 4 is 11.3 Å². The molecule has 0 spiro atoms. The van der Waals surface area contributed by atoms with Gasteiger partial charge in [0.25, 0.3) is 0 Å². The van der Waals surface area contributed by atoms with E-state index in [9.17, 15) is 5.26 Å². The van der Waals surface area contributed by atoms with Gasteiger partial charge in [-0.15, -0.1) is 11.3 Å². The maximum atomic E-state index is 9.27. The van der Waals surface area contributed by atoms with Gasteiger partial charge in [-0.1, -0.05) is 13.8 Å². The average molecular weight is 265 g/mol. The van der Waals surface area contributed by atoms with E-state index in [-0.39, 0.29) is 6.04 Å². The molecule has 0 aliphatic carbocycles. The van der Waals surface area contributed by atoms with Crippen LogP contribution in [-0.4, -0.2) is 31.1 Å². The molecule has 0 saturated carbocycles. The van der Waals surface area contributed by atoms with Crippen molar-refractivity contribution in [3.05, 3.63) is 21.4 Å². The van der Waals surface area contributed by atoms with E-state index in [1.807, 2.05) is 0 Å². The molecule has 1 aromatic rings. The quantitative estimate of drug-likeness (QED) is 0.824. The Hall–Kier alpha value is -0.890. The Kier molecular flexibility index (Phi) is 6.34. The van der Waals surface area contributed by atoms with Crippen LogP contribution in [-0.2, 0) is 0 Å². The van der Waals surface area contributed by atoms with Crippen LogP contribution in [0.25, 0.3) is 0 Å². The van der Waals surface area contributed by atoms with Gasteiger partial charge in [0.2, 0.25) is 0 Å². The van der Waals surface area contributed by atoms with E-state index in [2.05, 4.69) is 50.0 Å². The van der Waals surface area contributed by atoms with E-state index in [4.69, 9.17) is 0 Å². The number of hydrogen-bond acceptors (Lipinski definition) is 4. The van der Waals surface area contributed by atoms with Crippen molar-refractivity contribution in [1.82, 2.24) is 10.2 Å². The number of rotatable bonds is 7.